The Kier molecular flexibility index (Phi) is 6.24. The maximum Gasteiger partial charge on any atom is 0.251 e. The Morgan fingerprint density at radius 3 is 2.54 bits per heavy atom. The molecule has 2 aromatic rings. The molecule has 0 bridgehead atoms. The van der Waals surface area contributed by atoms with Crippen LogP contribution in [-0.2, 0) is 0 Å². The summed E-state index contributed by atoms with van der Waals surface area (Å²) in [5.74, 6) is -0.115. The number of benzene rings is 2. The van der Waals surface area contributed by atoms with Gasteiger partial charge in [0.15, 0.2) is 0 Å². The van der Waals surface area contributed by atoms with Crippen LogP contribution in [0.5, 0.6) is 0 Å². The highest BCUT2D eigenvalue weighted by molar-refractivity contribution is 5.94. The summed E-state index contributed by atoms with van der Waals surface area (Å²) in [6.45, 7) is 5.81. The number of amides is 1. The number of nitriles is 1. The summed E-state index contributed by atoms with van der Waals surface area (Å²) in [4.78, 5) is 17.0. The number of rotatable bonds is 6. The van der Waals surface area contributed by atoms with Crippen molar-refractivity contribution < 1.29 is 4.79 Å². The maximum absolute atomic E-state index is 12.1. The van der Waals surface area contributed by atoms with Crippen molar-refractivity contribution in [2.45, 2.75) is 6.42 Å². The second-order valence-corrected chi connectivity index (χ2v) is 6.47. The van der Waals surface area contributed by atoms with Gasteiger partial charge in [0.05, 0.1) is 11.6 Å². The highest BCUT2D eigenvalue weighted by Crippen LogP contribution is 2.15. The number of hydrogen-bond donors (Lipinski definition) is 1. The first-order valence-electron chi connectivity index (χ1n) is 9.07. The number of piperazine rings is 1. The molecule has 0 radical (unpaired) electrons. The number of nitrogens with one attached hydrogen (secondary N) is 1. The third-order valence-electron chi connectivity index (χ3n) is 4.68. The molecule has 5 heteroatoms. The van der Waals surface area contributed by atoms with Crippen LogP contribution in [0.3, 0.4) is 0 Å². The normalized spacial score (nSPS) is 14.7. The molecule has 5 nitrogen and oxygen atoms in total. The van der Waals surface area contributed by atoms with Gasteiger partial charge in [-0.15, -0.1) is 0 Å². The summed E-state index contributed by atoms with van der Waals surface area (Å²) in [6.07, 6.45) is 0.926. The molecule has 1 fully saturated rings. The van der Waals surface area contributed by atoms with Gasteiger partial charge >= 0.3 is 0 Å². The predicted octanol–water partition coefficient (Wildman–Crippen LogP) is 2.50. The summed E-state index contributed by atoms with van der Waals surface area (Å²) >= 11 is 0. The summed E-state index contributed by atoms with van der Waals surface area (Å²) in [5.41, 5.74) is 2.34. The molecule has 0 aliphatic carbocycles. The molecule has 1 N–H and O–H groups in total. The molecule has 1 saturated heterocycles. The van der Waals surface area contributed by atoms with E-state index in [9.17, 15) is 4.79 Å². The van der Waals surface area contributed by atoms with Gasteiger partial charge in [0.25, 0.3) is 5.91 Å². The minimum atomic E-state index is -0.115. The van der Waals surface area contributed by atoms with Crippen molar-refractivity contribution in [1.29, 1.82) is 5.26 Å². The molecule has 3 rings (SSSR count). The van der Waals surface area contributed by atoms with E-state index in [0.717, 1.165) is 39.1 Å². The van der Waals surface area contributed by atoms with Gasteiger partial charge in [-0.2, -0.15) is 5.26 Å². The van der Waals surface area contributed by atoms with E-state index in [-0.39, 0.29) is 5.91 Å². The molecule has 26 heavy (non-hydrogen) atoms. The number of anilines is 1. The van der Waals surface area contributed by atoms with Gasteiger partial charge in [-0.1, -0.05) is 24.3 Å². The largest absolute Gasteiger partial charge is 0.369 e. The van der Waals surface area contributed by atoms with Crippen LogP contribution < -0.4 is 10.2 Å². The fourth-order valence-corrected chi connectivity index (χ4v) is 3.21. The molecule has 1 aliphatic heterocycles. The van der Waals surface area contributed by atoms with Crippen molar-refractivity contribution in [2.75, 3.05) is 44.2 Å². The minimum Gasteiger partial charge on any atom is -0.369 e. The van der Waals surface area contributed by atoms with Crippen molar-refractivity contribution in [3.05, 3.63) is 65.7 Å². The molecule has 1 amide bonds. The third kappa shape index (κ3) is 4.84. The lowest BCUT2D eigenvalue weighted by molar-refractivity contribution is 0.0951. The summed E-state index contributed by atoms with van der Waals surface area (Å²) in [7, 11) is 0. The zero-order valence-electron chi connectivity index (χ0n) is 14.9. The SMILES string of the molecule is N#Cc1cccc(C(=O)NCCCN2CCN(c3ccccc3)CC2)c1. The van der Waals surface area contributed by atoms with E-state index in [4.69, 9.17) is 5.26 Å². The molecular formula is C21H24N4O. The van der Waals surface area contributed by atoms with E-state index >= 15 is 0 Å². The summed E-state index contributed by atoms with van der Waals surface area (Å²) in [6, 6.07) is 19.4. The molecule has 1 aliphatic rings. The maximum atomic E-state index is 12.1. The Morgan fingerprint density at radius 1 is 1.04 bits per heavy atom. The first kappa shape index (κ1) is 18.0. The van der Waals surface area contributed by atoms with Gasteiger partial charge in [-0.05, 0) is 43.3 Å². The van der Waals surface area contributed by atoms with Crippen LogP contribution in [0.1, 0.15) is 22.3 Å². The standard InChI is InChI=1S/C21H24N4O/c22-17-18-6-4-7-19(16-18)21(26)23-10-5-11-24-12-14-25(15-13-24)20-8-2-1-3-9-20/h1-4,6-9,16H,5,10-15H2,(H,23,26). The lowest BCUT2D eigenvalue weighted by Crippen LogP contribution is -2.47. The van der Waals surface area contributed by atoms with Crippen molar-refractivity contribution in [1.82, 2.24) is 10.2 Å². The minimum absolute atomic E-state index is 0.115. The van der Waals surface area contributed by atoms with Crippen LogP contribution in [0.25, 0.3) is 0 Å². The van der Waals surface area contributed by atoms with Gasteiger partial charge in [0.1, 0.15) is 0 Å². The number of hydrogen-bond acceptors (Lipinski definition) is 4. The lowest BCUT2D eigenvalue weighted by Gasteiger charge is -2.36. The van der Waals surface area contributed by atoms with Crippen molar-refractivity contribution in [3.8, 4) is 6.07 Å². The zero-order chi connectivity index (χ0) is 18.2. The second kappa shape index (κ2) is 9.02. The molecule has 0 aromatic heterocycles. The first-order valence-corrected chi connectivity index (χ1v) is 9.07. The molecule has 0 atom stereocenters. The van der Waals surface area contributed by atoms with E-state index < -0.39 is 0 Å². The molecular weight excluding hydrogens is 324 g/mol. The Bertz CT molecular complexity index is 761. The van der Waals surface area contributed by atoms with Crippen LogP contribution >= 0.6 is 0 Å². The average molecular weight is 348 g/mol. The smallest absolute Gasteiger partial charge is 0.251 e. The summed E-state index contributed by atoms with van der Waals surface area (Å²) in [5, 5.41) is 11.8. The molecule has 0 unspecified atom stereocenters. The predicted molar refractivity (Wildman–Crippen MR) is 103 cm³/mol. The number of nitrogens with zero attached hydrogens (tertiary/aromatic N) is 3. The molecule has 2 aromatic carbocycles. The van der Waals surface area contributed by atoms with Crippen molar-refractivity contribution >= 4 is 11.6 Å². The highest BCUT2D eigenvalue weighted by Gasteiger charge is 2.16. The quantitative estimate of drug-likeness (QED) is 0.815. The topological polar surface area (TPSA) is 59.4 Å². The average Bonchev–Trinajstić information content (AvgIpc) is 2.72. The van der Waals surface area contributed by atoms with Crippen LogP contribution in [0, 0.1) is 11.3 Å². The molecule has 0 saturated carbocycles. The summed E-state index contributed by atoms with van der Waals surface area (Å²) < 4.78 is 0. The van der Waals surface area contributed by atoms with Gasteiger partial charge in [0.2, 0.25) is 0 Å². The van der Waals surface area contributed by atoms with Crippen LogP contribution in [-0.4, -0.2) is 50.1 Å². The monoisotopic (exact) mass is 348 g/mol. The van der Waals surface area contributed by atoms with Crippen LogP contribution in [0.4, 0.5) is 5.69 Å². The fourth-order valence-electron chi connectivity index (χ4n) is 3.21. The van der Waals surface area contributed by atoms with Gasteiger partial charge in [-0.3, -0.25) is 9.69 Å². The number of para-hydroxylation sites is 1. The van der Waals surface area contributed by atoms with Crippen LogP contribution in [0.15, 0.2) is 54.6 Å². The zero-order valence-corrected chi connectivity index (χ0v) is 14.9. The second-order valence-electron chi connectivity index (χ2n) is 6.47. The molecule has 1 heterocycles. The van der Waals surface area contributed by atoms with Gasteiger partial charge in [0, 0.05) is 44.0 Å². The Balaban J connectivity index is 1.36. The van der Waals surface area contributed by atoms with E-state index in [0.29, 0.717) is 17.7 Å². The number of carbonyl (C=O) groups excluding carboxylic acids is 1. The molecule has 134 valence electrons. The fraction of sp³-hybridized carbons (Fsp3) is 0.333. The van der Waals surface area contributed by atoms with Crippen molar-refractivity contribution in [2.24, 2.45) is 0 Å². The Morgan fingerprint density at radius 2 is 1.81 bits per heavy atom. The Hall–Kier alpha value is -2.84. The van der Waals surface area contributed by atoms with Gasteiger partial charge in [-0.25, -0.2) is 0 Å². The van der Waals surface area contributed by atoms with Crippen LogP contribution in [0.2, 0.25) is 0 Å². The highest BCUT2D eigenvalue weighted by atomic mass is 16.1. The van der Waals surface area contributed by atoms with E-state index in [1.807, 2.05) is 6.07 Å². The van der Waals surface area contributed by atoms with Crippen molar-refractivity contribution in [3.63, 3.8) is 0 Å². The van der Waals surface area contributed by atoms with E-state index in [2.05, 4.69) is 45.5 Å². The molecule has 0 spiro atoms. The first-order chi connectivity index (χ1) is 12.8. The lowest BCUT2D eigenvalue weighted by atomic mass is 10.1. The number of carbonyl (C=O) groups is 1. The third-order valence-corrected chi connectivity index (χ3v) is 4.68. The van der Waals surface area contributed by atoms with E-state index in [1.165, 1.54) is 5.69 Å². The van der Waals surface area contributed by atoms with E-state index in [1.54, 1.807) is 24.3 Å². The Labute approximate surface area is 154 Å². The van der Waals surface area contributed by atoms with Gasteiger partial charge < -0.3 is 10.2 Å².